The van der Waals surface area contributed by atoms with Crippen LogP contribution < -0.4 is 10.2 Å². The van der Waals surface area contributed by atoms with E-state index in [0.717, 1.165) is 22.4 Å². The number of ether oxygens (including phenoxy) is 1. The molecule has 0 bridgehead atoms. The second-order valence-electron chi connectivity index (χ2n) is 6.10. The number of hydrogen-bond acceptors (Lipinski definition) is 4. The molecule has 6 heteroatoms. The molecule has 0 aliphatic rings. The van der Waals surface area contributed by atoms with Crippen molar-refractivity contribution in [1.29, 1.82) is 5.41 Å². The Hall–Kier alpha value is -3.41. The highest BCUT2D eigenvalue weighted by Crippen LogP contribution is 2.15. The Morgan fingerprint density at radius 1 is 0.885 bits per heavy atom. The Morgan fingerprint density at radius 3 is 2.35 bits per heavy atom. The molecule has 2 aromatic heterocycles. The summed E-state index contributed by atoms with van der Waals surface area (Å²) >= 11 is 0. The molecule has 0 radical (unpaired) electrons. The minimum absolute atomic E-state index is 0.402. The van der Waals surface area contributed by atoms with E-state index in [0.29, 0.717) is 24.2 Å². The van der Waals surface area contributed by atoms with E-state index < -0.39 is 0 Å². The summed E-state index contributed by atoms with van der Waals surface area (Å²) < 4.78 is 9.09. The van der Waals surface area contributed by atoms with Gasteiger partial charge in [0, 0.05) is 6.54 Å². The molecule has 0 atom stereocenters. The lowest BCUT2D eigenvalue weighted by Crippen LogP contribution is -2.23. The molecule has 0 spiro atoms. The fourth-order valence-corrected chi connectivity index (χ4v) is 3.01. The lowest BCUT2D eigenvalue weighted by Gasteiger charge is -2.10. The maximum Gasteiger partial charge on any atom is 0.182 e. The van der Waals surface area contributed by atoms with Gasteiger partial charge in [-0.2, -0.15) is 0 Å². The first-order chi connectivity index (χ1) is 12.7. The summed E-state index contributed by atoms with van der Waals surface area (Å²) in [5.41, 5.74) is 3.93. The standard InChI is InChI=1S/C20H19N5O/c1-26-17-9-5-8-16(10-17)12-24-13-22-20-18(24)19(21)25(14-23-20)11-15-6-3-2-4-7-15/h2-10,13-14,21H,11-12H2,1H3. The van der Waals surface area contributed by atoms with Gasteiger partial charge in [0.1, 0.15) is 11.3 Å². The molecule has 0 fully saturated rings. The number of benzene rings is 2. The predicted octanol–water partition coefficient (Wildman–Crippen LogP) is 2.82. The zero-order valence-electron chi connectivity index (χ0n) is 14.5. The molecule has 0 unspecified atom stereocenters. The van der Waals surface area contributed by atoms with E-state index in [2.05, 4.69) is 9.97 Å². The van der Waals surface area contributed by atoms with Crippen LogP contribution >= 0.6 is 0 Å². The molecule has 0 amide bonds. The van der Waals surface area contributed by atoms with Crippen molar-refractivity contribution in [2.24, 2.45) is 0 Å². The quantitative estimate of drug-likeness (QED) is 0.605. The fourth-order valence-electron chi connectivity index (χ4n) is 3.01. The lowest BCUT2D eigenvalue weighted by atomic mass is 10.2. The first kappa shape index (κ1) is 16.1. The van der Waals surface area contributed by atoms with Gasteiger partial charge < -0.3 is 13.9 Å². The molecule has 4 rings (SSSR count). The normalized spacial score (nSPS) is 11.0. The molecular weight excluding hydrogens is 326 g/mol. The van der Waals surface area contributed by atoms with Gasteiger partial charge in [0.05, 0.1) is 26.3 Å². The number of nitrogens with one attached hydrogen (secondary N) is 1. The molecule has 130 valence electrons. The number of aromatic nitrogens is 4. The summed E-state index contributed by atoms with van der Waals surface area (Å²) in [6, 6.07) is 18.0. The monoisotopic (exact) mass is 345 g/mol. The van der Waals surface area contributed by atoms with E-state index in [1.807, 2.05) is 63.7 Å². The second kappa shape index (κ2) is 6.84. The van der Waals surface area contributed by atoms with Crippen molar-refractivity contribution in [3.63, 3.8) is 0 Å². The van der Waals surface area contributed by atoms with Gasteiger partial charge in [-0.1, -0.05) is 42.5 Å². The van der Waals surface area contributed by atoms with Crippen molar-refractivity contribution < 1.29 is 4.74 Å². The molecule has 0 aliphatic heterocycles. The molecule has 0 saturated heterocycles. The van der Waals surface area contributed by atoms with Crippen LogP contribution in [0.15, 0.2) is 67.3 Å². The Bertz CT molecular complexity index is 1100. The maximum absolute atomic E-state index is 8.63. The molecule has 4 aromatic rings. The number of nitrogens with zero attached hydrogens (tertiary/aromatic N) is 4. The summed E-state index contributed by atoms with van der Waals surface area (Å²) in [6.07, 6.45) is 3.42. The van der Waals surface area contributed by atoms with E-state index in [9.17, 15) is 0 Å². The van der Waals surface area contributed by atoms with Crippen molar-refractivity contribution in [3.05, 3.63) is 83.9 Å². The molecule has 2 heterocycles. The van der Waals surface area contributed by atoms with Gasteiger partial charge in [0.25, 0.3) is 0 Å². The van der Waals surface area contributed by atoms with Gasteiger partial charge in [-0.15, -0.1) is 0 Å². The van der Waals surface area contributed by atoms with Gasteiger partial charge in [-0.25, -0.2) is 9.97 Å². The van der Waals surface area contributed by atoms with Crippen molar-refractivity contribution in [2.75, 3.05) is 7.11 Å². The first-order valence-corrected chi connectivity index (χ1v) is 8.36. The third-order valence-electron chi connectivity index (χ3n) is 4.33. The van der Waals surface area contributed by atoms with Gasteiger partial charge in [0.15, 0.2) is 11.1 Å². The van der Waals surface area contributed by atoms with Crippen LogP contribution in [0, 0.1) is 5.41 Å². The average Bonchev–Trinajstić information content (AvgIpc) is 3.08. The first-order valence-electron chi connectivity index (χ1n) is 8.36. The summed E-state index contributed by atoms with van der Waals surface area (Å²) in [5.74, 6) is 0.815. The topological polar surface area (TPSA) is 68.7 Å². The molecule has 6 nitrogen and oxygen atoms in total. The van der Waals surface area contributed by atoms with E-state index in [4.69, 9.17) is 10.1 Å². The van der Waals surface area contributed by atoms with E-state index in [1.165, 1.54) is 0 Å². The van der Waals surface area contributed by atoms with Crippen molar-refractivity contribution in [2.45, 2.75) is 13.1 Å². The van der Waals surface area contributed by atoms with Crippen LogP contribution in [0.2, 0.25) is 0 Å². The number of imidazole rings is 1. The minimum atomic E-state index is 0.402. The fraction of sp³-hybridized carbons (Fsp3) is 0.150. The second-order valence-corrected chi connectivity index (χ2v) is 6.10. The number of fused-ring (bicyclic) bond motifs is 1. The highest BCUT2D eigenvalue weighted by atomic mass is 16.5. The average molecular weight is 345 g/mol. The molecule has 1 N–H and O–H groups in total. The molecule has 26 heavy (non-hydrogen) atoms. The minimum Gasteiger partial charge on any atom is -0.497 e. The summed E-state index contributed by atoms with van der Waals surface area (Å²) in [6.45, 7) is 1.21. The number of methoxy groups -OCH3 is 1. The smallest absolute Gasteiger partial charge is 0.182 e. The van der Waals surface area contributed by atoms with Crippen LogP contribution in [-0.4, -0.2) is 26.2 Å². The third kappa shape index (κ3) is 3.09. The van der Waals surface area contributed by atoms with Crippen LogP contribution in [0.25, 0.3) is 11.2 Å². The van der Waals surface area contributed by atoms with E-state index in [1.54, 1.807) is 19.8 Å². The lowest BCUT2D eigenvalue weighted by molar-refractivity contribution is 0.414. The summed E-state index contributed by atoms with van der Waals surface area (Å²) in [7, 11) is 1.66. The number of rotatable bonds is 5. The Morgan fingerprint density at radius 2 is 1.58 bits per heavy atom. The predicted molar refractivity (Wildman–Crippen MR) is 99.0 cm³/mol. The molecule has 0 saturated carbocycles. The molecular formula is C20H19N5O. The Balaban J connectivity index is 1.72. The van der Waals surface area contributed by atoms with Gasteiger partial charge >= 0.3 is 0 Å². The van der Waals surface area contributed by atoms with Gasteiger partial charge in [-0.3, -0.25) is 5.41 Å². The van der Waals surface area contributed by atoms with Crippen LogP contribution in [0.4, 0.5) is 0 Å². The van der Waals surface area contributed by atoms with Crippen molar-refractivity contribution >= 4 is 11.2 Å². The maximum atomic E-state index is 8.63. The largest absolute Gasteiger partial charge is 0.497 e. The summed E-state index contributed by atoms with van der Waals surface area (Å²) in [5, 5.41) is 8.63. The molecule has 0 aliphatic carbocycles. The summed E-state index contributed by atoms with van der Waals surface area (Å²) in [4.78, 5) is 8.77. The van der Waals surface area contributed by atoms with Crippen molar-refractivity contribution in [3.8, 4) is 5.75 Å². The highest BCUT2D eigenvalue weighted by Gasteiger charge is 2.10. The van der Waals surface area contributed by atoms with Crippen molar-refractivity contribution in [1.82, 2.24) is 19.1 Å². The SMILES string of the molecule is COc1cccc(Cn2cnc3ncn(Cc4ccccc4)c(=N)c32)c1. The van der Waals surface area contributed by atoms with E-state index >= 15 is 0 Å². The number of hydrogen-bond donors (Lipinski definition) is 1. The van der Waals surface area contributed by atoms with E-state index in [-0.39, 0.29) is 0 Å². The van der Waals surface area contributed by atoms with Gasteiger partial charge in [0.2, 0.25) is 0 Å². The zero-order valence-corrected chi connectivity index (χ0v) is 14.5. The molecule has 2 aromatic carbocycles. The van der Waals surface area contributed by atoms with Crippen LogP contribution in [0.5, 0.6) is 5.75 Å². The Labute approximate surface area is 150 Å². The third-order valence-corrected chi connectivity index (χ3v) is 4.33. The van der Waals surface area contributed by atoms with Crippen LogP contribution in [0.1, 0.15) is 11.1 Å². The van der Waals surface area contributed by atoms with Gasteiger partial charge in [-0.05, 0) is 23.3 Å². The van der Waals surface area contributed by atoms with Crippen LogP contribution in [-0.2, 0) is 13.1 Å². The Kier molecular flexibility index (Phi) is 4.23. The highest BCUT2D eigenvalue weighted by molar-refractivity contribution is 5.68. The zero-order chi connectivity index (χ0) is 17.9. The van der Waals surface area contributed by atoms with Crippen LogP contribution in [0.3, 0.4) is 0 Å².